The molecule has 1 amide bonds. The first kappa shape index (κ1) is 12.6. The molecule has 0 bridgehead atoms. The van der Waals surface area contributed by atoms with E-state index in [1.54, 1.807) is 40.3 Å². The van der Waals surface area contributed by atoms with Crippen LogP contribution in [0, 0.1) is 13.8 Å². The molecule has 102 valence electrons. The molecule has 0 aliphatic heterocycles. The minimum absolute atomic E-state index is 0.297. The number of hydrogen-bond acceptors (Lipinski definition) is 5. The highest BCUT2D eigenvalue weighted by atomic mass is 32.1. The number of furan rings is 1. The van der Waals surface area contributed by atoms with Crippen molar-refractivity contribution < 1.29 is 9.21 Å². The Labute approximate surface area is 118 Å². The van der Waals surface area contributed by atoms with Crippen molar-refractivity contribution in [2.45, 2.75) is 13.8 Å². The Morgan fingerprint density at radius 2 is 2.35 bits per heavy atom. The van der Waals surface area contributed by atoms with E-state index in [-0.39, 0.29) is 5.91 Å². The van der Waals surface area contributed by atoms with Crippen molar-refractivity contribution in [1.82, 2.24) is 14.6 Å². The summed E-state index contributed by atoms with van der Waals surface area (Å²) in [5, 5.41) is 6.87. The van der Waals surface area contributed by atoms with Crippen LogP contribution < -0.4 is 5.32 Å². The highest BCUT2D eigenvalue weighted by Crippen LogP contribution is 2.21. The summed E-state index contributed by atoms with van der Waals surface area (Å²) in [5.41, 5.74) is 1.03. The lowest BCUT2D eigenvalue weighted by atomic mass is 10.4. The average Bonchev–Trinajstić information content (AvgIpc) is 3.09. The van der Waals surface area contributed by atoms with E-state index in [1.807, 2.05) is 13.8 Å². The van der Waals surface area contributed by atoms with Crippen LogP contribution in [-0.2, 0) is 4.79 Å². The summed E-state index contributed by atoms with van der Waals surface area (Å²) in [5.74, 6) is 0.618. The quantitative estimate of drug-likeness (QED) is 0.752. The monoisotopic (exact) mass is 288 g/mol. The molecule has 0 aliphatic rings. The van der Waals surface area contributed by atoms with Crippen LogP contribution in [0.1, 0.15) is 16.3 Å². The summed E-state index contributed by atoms with van der Waals surface area (Å²) in [6.07, 6.45) is 4.52. The first-order chi connectivity index (χ1) is 9.63. The van der Waals surface area contributed by atoms with Gasteiger partial charge >= 0.3 is 0 Å². The van der Waals surface area contributed by atoms with Crippen molar-refractivity contribution in [2.24, 2.45) is 0 Å². The third-order valence-electron chi connectivity index (χ3n) is 2.83. The van der Waals surface area contributed by atoms with E-state index in [0.717, 1.165) is 15.5 Å². The number of anilines is 1. The number of carbonyl (C=O) groups excluding carboxylic acids is 1. The lowest BCUT2D eigenvalue weighted by Gasteiger charge is -1.94. The molecule has 0 unspecified atom stereocenters. The third kappa shape index (κ3) is 2.35. The van der Waals surface area contributed by atoms with Crippen LogP contribution in [-0.4, -0.2) is 20.5 Å². The molecule has 7 heteroatoms. The number of carbonyl (C=O) groups is 1. The molecule has 0 aromatic carbocycles. The van der Waals surface area contributed by atoms with Crippen LogP contribution in [0.5, 0.6) is 0 Å². The van der Waals surface area contributed by atoms with Crippen molar-refractivity contribution in [2.75, 3.05) is 5.32 Å². The molecular weight excluding hydrogens is 276 g/mol. The molecule has 0 spiro atoms. The highest BCUT2D eigenvalue weighted by molar-refractivity contribution is 7.17. The van der Waals surface area contributed by atoms with Crippen molar-refractivity contribution >= 4 is 34.2 Å². The van der Waals surface area contributed by atoms with Crippen molar-refractivity contribution in [3.05, 3.63) is 40.8 Å². The summed E-state index contributed by atoms with van der Waals surface area (Å²) in [6, 6.07) is 3.52. The third-order valence-corrected chi connectivity index (χ3v) is 3.87. The second kappa shape index (κ2) is 4.93. The summed E-state index contributed by atoms with van der Waals surface area (Å²) in [7, 11) is 0. The van der Waals surface area contributed by atoms with Gasteiger partial charge in [-0.1, -0.05) is 11.3 Å². The van der Waals surface area contributed by atoms with Gasteiger partial charge in [0.1, 0.15) is 5.76 Å². The highest BCUT2D eigenvalue weighted by Gasteiger charge is 2.11. The zero-order valence-electron chi connectivity index (χ0n) is 11.0. The van der Waals surface area contributed by atoms with E-state index in [0.29, 0.717) is 11.7 Å². The molecule has 3 aromatic heterocycles. The second-order valence-electron chi connectivity index (χ2n) is 4.21. The largest absolute Gasteiger partial charge is 0.465 e. The van der Waals surface area contributed by atoms with Gasteiger partial charge in [0.05, 0.1) is 12.0 Å². The van der Waals surface area contributed by atoms with Crippen LogP contribution >= 0.6 is 11.3 Å². The van der Waals surface area contributed by atoms with Crippen LogP contribution in [0.25, 0.3) is 11.0 Å². The molecule has 0 fully saturated rings. The van der Waals surface area contributed by atoms with Gasteiger partial charge in [0.25, 0.3) is 11.9 Å². The molecule has 0 radical (unpaired) electrons. The van der Waals surface area contributed by atoms with Gasteiger partial charge in [-0.2, -0.15) is 4.98 Å². The number of hydrogen-bond donors (Lipinski definition) is 1. The fraction of sp³-hybridized carbons (Fsp3) is 0.154. The van der Waals surface area contributed by atoms with Gasteiger partial charge in [-0.05, 0) is 32.1 Å². The zero-order valence-corrected chi connectivity index (χ0v) is 11.8. The molecule has 0 atom stereocenters. The maximum Gasteiger partial charge on any atom is 0.250 e. The van der Waals surface area contributed by atoms with Crippen LogP contribution in [0.2, 0.25) is 0 Å². The summed E-state index contributed by atoms with van der Waals surface area (Å²) >= 11 is 1.54. The number of rotatable bonds is 3. The first-order valence-corrected chi connectivity index (χ1v) is 6.80. The molecule has 3 aromatic rings. The van der Waals surface area contributed by atoms with Crippen molar-refractivity contribution in [3.63, 3.8) is 0 Å². The van der Waals surface area contributed by atoms with E-state index in [1.165, 1.54) is 6.08 Å². The van der Waals surface area contributed by atoms with E-state index < -0.39 is 0 Å². The summed E-state index contributed by atoms with van der Waals surface area (Å²) in [4.78, 5) is 17.9. The molecule has 6 nitrogen and oxygen atoms in total. The summed E-state index contributed by atoms with van der Waals surface area (Å²) in [6.45, 7) is 3.98. The Hall–Kier alpha value is -2.41. The zero-order chi connectivity index (χ0) is 14.1. The normalized spacial score (nSPS) is 11.5. The van der Waals surface area contributed by atoms with Gasteiger partial charge in [0.2, 0.25) is 4.96 Å². The molecular formula is C13H12N4O2S. The van der Waals surface area contributed by atoms with Gasteiger partial charge in [-0.3, -0.25) is 10.1 Å². The van der Waals surface area contributed by atoms with Gasteiger partial charge in [0, 0.05) is 11.0 Å². The Bertz CT molecular complexity index is 783. The van der Waals surface area contributed by atoms with Gasteiger partial charge in [-0.15, -0.1) is 5.10 Å². The van der Waals surface area contributed by atoms with E-state index in [2.05, 4.69) is 15.4 Å². The van der Waals surface area contributed by atoms with E-state index >= 15 is 0 Å². The Kier molecular flexibility index (Phi) is 3.11. The minimum atomic E-state index is -0.297. The van der Waals surface area contributed by atoms with Gasteiger partial charge < -0.3 is 4.42 Å². The minimum Gasteiger partial charge on any atom is -0.465 e. The Morgan fingerprint density at radius 3 is 3.05 bits per heavy atom. The molecule has 20 heavy (non-hydrogen) atoms. The summed E-state index contributed by atoms with van der Waals surface area (Å²) < 4.78 is 6.83. The standard InChI is InChI=1S/C13H12N4O2S/c1-8-9(2)20-13-15-12(16-17(8)13)14-11(18)6-5-10-4-3-7-19-10/h3-7H,1-2H3,(H,14,16,18)/b6-5+. The number of amides is 1. The maximum absolute atomic E-state index is 11.7. The molecule has 3 heterocycles. The molecule has 0 aliphatic carbocycles. The van der Waals surface area contributed by atoms with Crippen LogP contribution in [0.3, 0.4) is 0 Å². The fourth-order valence-corrected chi connectivity index (χ4v) is 2.60. The number of aryl methyl sites for hydroxylation is 2. The number of aromatic nitrogens is 3. The number of nitrogens with zero attached hydrogens (tertiary/aromatic N) is 3. The van der Waals surface area contributed by atoms with Crippen LogP contribution in [0.15, 0.2) is 28.9 Å². The van der Waals surface area contributed by atoms with Crippen molar-refractivity contribution in [1.29, 1.82) is 0 Å². The Balaban J connectivity index is 1.74. The fourth-order valence-electron chi connectivity index (χ4n) is 1.69. The number of nitrogens with one attached hydrogen (secondary N) is 1. The van der Waals surface area contributed by atoms with Gasteiger partial charge in [-0.25, -0.2) is 4.52 Å². The van der Waals surface area contributed by atoms with E-state index in [4.69, 9.17) is 4.42 Å². The topological polar surface area (TPSA) is 72.4 Å². The van der Waals surface area contributed by atoms with Gasteiger partial charge in [0.15, 0.2) is 0 Å². The predicted molar refractivity (Wildman–Crippen MR) is 76.7 cm³/mol. The average molecular weight is 288 g/mol. The molecule has 0 saturated heterocycles. The second-order valence-corrected chi connectivity index (χ2v) is 5.39. The van der Waals surface area contributed by atoms with Crippen LogP contribution in [0.4, 0.5) is 5.95 Å². The molecule has 0 saturated carbocycles. The van der Waals surface area contributed by atoms with Crippen molar-refractivity contribution in [3.8, 4) is 0 Å². The molecule has 1 N–H and O–H groups in total. The smallest absolute Gasteiger partial charge is 0.250 e. The Morgan fingerprint density at radius 1 is 1.50 bits per heavy atom. The lowest BCUT2D eigenvalue weighted by Crippen LogP contribution is -2.09. The maximum atomic E-state index is 11.7. The number of thiazole rings is 1. The number of fused-ring (bicyclic) bond motifs is 1. The predicted octanol–water partition coefficient (Wildman–Crippen LogP) is 2.65. The molecule has 3 rings (SSSR count). The van der Waals surface area contributed by atoms with E-state index in [9.17, 15) is 4.79 Å². The lowest BCUT2D eigenvalue weighted by molar-refractivity contribution is -0.111. The first-order valence-electron chi connectivity index (χ1n) is 5.99. The SMILES string of the molecule is Cc1sc2nc(NC(=O)/C=C/c3ccco3)nn2c1C.